The lowest BCUT2D eigenvalue weighted by Crippen LogP contribution is -2.06. The molecule has 2 aromatic rings. The lowest BCUT2D eigenvalue weighted by molar-refractivity contribution is -0.137. The van der Waals surface area contributed by atoms with E-state index in [1.165, 1.54) is 0 Å². The van der Waals surface area contributed by atoms with Crippen LogP contribution in [0.2, 0.25) is 10.2 Å². The Labute approximate surface area is 116 Å². The summed E-state index contributed by atoms with van der Waals surface area (Å²) in [6.07, 6.45) is -3.38. The summed E-state index contributed by atoms with van der Waals surface area (Å²) in [5.41, 5.74) is 5.04. The highest BCUT2D eigenvalue weighted by atomic mass is 35.5. The summed E-state index contributed by atoms with van der Waals surface area (Å²) in [5.74, 6) is 0. The molecule has 0 aliphatic heterocycles. The molecular weight excluding hydrogens is 302 g/mol. The summed E-state index contributed by atoms with van der Waals surface area (Å²) in [7, 11) is 0. The molecule has 0 fully saturated rings. The Morgan fingerprint density at radius 3 is 2.42 bits per heavy atom. The van der Waals surface area contributed by atoms with E-state index in [-0.39, 0.29) is 27.1 Å². The van der Waals surface area contributed by atoms with Crippen LogP contribution in [-0.2, 0) is 6.18 Å². The number of nitrogen functional groups attached to an aromatic ring is 1. The fraction of sp³-hybridized carbons (Fsp3) is 0.0909. The summed E-state index contributed by atoms with van der Waals surface area (Å²) in [6.45, 7) is 0. The van der Waals surface area contributed by atoms with Gasteiger partial charge in [0, 0.05) is 11.3 Å². The van der Waals surface area contributed by atoms with E-state index in [1.54, 1.807) is 0 Å². The van der Waals surface area contributed by atoms with Crippen LogP contribution < -0.4 is 5.73 Å². The highest BCUT2D eigenvalue weighted by Crippen LogP contribution is 2.37. The van der Waals surface area contributed by atoms with Gasteiger partial charge in [0.1, 0.15) is 11.3 Å². The fourth-order valence-corrected chi connectivity index (χ4v) is 1.81. The highest BCUT2D eigenvalue weighted by molar-refractivity contribution is 6.42. The van der Waals surface area contributed by atoms with Crippen LogP contribution in [0.25, 0.3) is 11.3 Å². The van der Waals surface area contributed by atoms with E-state index in [4.69, 9.17) is 28.9 Å². The molecule has 0 aliphatic rings. The van der Waals surface area contributed by atoms with Gasteiger partial charge in [-0.2, -0.15) is 13.2 Å². The monoisotopic (exact) mass is 307 g/mol. The van der Waals surface area contributed by atoms with Crippen molar-refractivity contribution in [2.75, 3.05) is 5.73 Å². The molecule has 0 bridgehead atoms. The van der Waals surface area contributed by atoms with Gasteiger partial charge in [-0.15, -0.1) is 0 Å². The molecule has 19 heavy (non-hydrogen) atoms. The van der Waals surface area contributed by atoms with Crippen LogP contribution >= 0.6 is 23.2 Å². The van der Waals surface area contributed by atoms with Gasteiger partial charge in [-0.1, -0.05) is 23.2 Å². The Morgan fingerprint density at radius 2 is 1.79 bits per heavy atom. The number of aromatic nitrogens is 2. The molecule has 3 nitrogen and oxygen atoms in total. The first-order valence-electron chi connectivity index (χ1n) is 4.94. The van der Waals surface area contributed by atoms with Crippen molar-refractivity contribution in [1.82, 2.24) is 9.97 Å². The van der Waals surface area contributed by atoms with Crippen molar-refractivity contribution in [2.24, 2.45) is 0 Å². The number of alkyl halides is 3. The van der Waals surface area contributed by atoms with Gasteiger partial charge in [0.05, 0.1) is 11.3 Å². The van der Waals surface area contributed by atoms with Crippen LogP contribution in [0, 0.1) is 0 Å². The molecule has 100 valence electrons. The summed E-state index contributed by atoms with van der Waals surface area (Å²) in [5, 5.41) is -0.0985. The van der Waals surface area contributed by atoms with E-state index in [0.717, 1.165) is 24.5 Å². The minimum Gasteiger partial charge on any atom is -0.398 e. The molecule has 0 saturated carbocycles. The standard InChI is InChI=1S/C11H6Cl2F3N3/c12-8-9(18-4-19-10(8)13)6-3-5(11(14,15)16)1-2-7(6)17/h1-4H,17H2. The minimum absolute atomic E-state index is 0.0461. The lowest BCUT2D eigenvalue weighted by Gasteiger charge is -2.11. The maximum Gasteiger partial charge on any atom is 0.416 e. The first-order valence-corrected chi connectivity index (χ1v) is 5.69. The third-order valence-corrected chi connectivity index (χ3v) is 3.12. The topological polar surface area (TPSA) is 51.8 Å². The zero-order valence-corrected chi connectivity index (χ0v) is 10.7. The van der Waals surface area contributed by atoms with Crippen LogP contribution in [0.5, 0.6) is 0 Å². The number of anilines is 1. The van der Waals surface area contributed by atoms with E-state index in [2.05, 4.69) is 9.97 Å². The van der Waals surface area contributed by atoms with E-state index < -0.39 is 11.7 Å². The first-order chi connectivity index (χ1) is 8.80. The van der Waals surface area contributed by atoms with Gasteiger partial charge in [-0.25, -0.2) is 9.97 Å². The van der Waals surface area contributed by atoms with Gasteiger partial charge in [-0.05, 0) is 18.2 Å². The van der Waals surface area contributed by atoms with Gasteiger partial charge in [0.2, 0.25) is 0 Å². The summed E-state index contributed by atoms with van der Waals surface area (Å²) >= 11 is 11.6. The number of benzene rings is 1. The van der Waals surface area contributed by atoms with Gasteiger partial charge < -0.3 is 5.73 Å². The smallest absolute Gasteiger partial charge is 0.398 e. The van der Waals surface area contributed by atoms with Crippen molar-refractivity contribution >= 4 is 28.9 Å². The van der Waals surface area contributed by atoms with Gasteiger partial charge in [-0.3, -0.25) is 0 Å². The highest BCUT2D eigenvalue weighted by Gasteiger charge is 2.31. The molecule has 1 aromatic carbocycles. The van der Waals surface area contributed by atoms with Gasteiger partial charge >= 0.3 is 6.18 Å². The number of hydrogen-bond donors (Lipinski definition) is 1. The van der Waals surface area contributed by atoms with Crippen molar-refractivity contribution in [2.45, 2.75) is 6.18 Å². The van der Waals surface area contributed by atoms with Crippen molar-refractivity contribution < 1.29 is 13.2 Å². The summed E-state index contributed by atoms with van der Waals surface area (Å²) in [6, 6.07) is 2.90. The predicted molar refractivity (Wildman–Crippen MR) is 66.9 cm³/mol. The Hall–Kier alpha value is -1.53. The van der Waals surface area contributed by atoms with Gasteiger partial charge in [0.15, 0.2) is 5.15 Å². The molecule has 1 aromatic heterocycles. The van der Waals surface area contributed by atoms with Gasteiger partial charge in [0.25, 0.3) is 0 Å². The average Bonchev–Trinajstić information content (AvgIpc) is 2.32. The first kappa shape index (κ1) is 13.9. The van der Waals surface area contributed by atoms with E-state index in [9.17, 15) is 13.2 Å². The molecule has 0 radical (unpaired) electrons. The minimum atomic E-state index is -4.48. The molecule has 1 heterocycles. The summed E-state index contributed by atoms with van der Waals surface area (Å²) < 4.78 is 38.0. The molecule has 0 saturated heterocycles. The Morgan fingerprint density at radius 1 is 1.11 bits per heavy atom. The second kappa shape index (κ2) is 4.86. The fourth-order valence-electron chi connectivity index (χ4n) is 1.47. The van der Waals surface area contributed by atoms with E-state index in [1.807, 2.05) is 0 Å². The zero-order valence-electron chi connectivity index (χ0n) is 9.17. The van der Waals surface area contributed by atoms with Crippen LogP contribution in [0.4, 0.5) is 18.9 Å². The zero-order chi connectivity index (χ0) is 14.2. The quantitative estimate of drug-likeness (QED) is 0.638. The second-order valence-electron chi connectivity index (χ2n) is 3.63. The Kier molecular flexibility index (Phi) is 3.56. The molecule has 0 spiro atoms. The average molecular weight is 308 g/mol. The van der Waals surface area contributed by atoms with Crippen molar-refractivity contribution in [1.29, 1.82) is 0 Å². The number of rotatable bonds is 1. The van der Waals surface area contributed by atoms with Crippen LogP contribution in [0.1, 0.15) is 5.56 Å². The van der Waals surface area contributed by atoms with E-state index in [0.29, 0.717) is 0 Å². The number of halogens is 5. The van der Waals surface area contributed by atoms with Crippen LogP contribution in [0.15, 0.2) is 24.5 Å². The van der Waals surface area contributed by atoms with Crippen molar-refractivity contribution in [3.05, 3.63) is 40.3 Å². The predicted octanol–water partition coefficient (Wildman–Crippen LogP) is 4.05. The summed E-state index contributed by atoms with van der Waals surface area (Å²) in [4.78, 5) is 7.44. The van der Waals surface area contributed by atoms with Crippen molar-refractivity contribution in [3.63, 3.8) is 0 Å². The molecule has 2 N–H and O–H groups in total. The molecule has 0 atom stereocenters. The number of hydrogen-bond acceptors (Lipinski definition) is 3. The third kappa shape index (κ3) is 2.74. The second-order valence-corrected chi connectivity index (χ2v) is 4.36. The van der Waals surface area contributed by atoms with Crippen LogP contribution in [0.3, 0.4) is 0 Å². The van der Waals surface area contributed by atoms with Crippen molar-refractivity contribution in [3.8, 4) is 11.3 Å². The molecule has 8 heteroatoms. The maximum atomic E-state index is 12.7. The number of nitrogens with two attached hydrogens (primary N) is 1. The van der Waals surface area contributed by atoms with Crippen LogP contribution in [-0.4, -0.2) is 9.97 Å². The Bertz CT molecular complexity index is 629. The molecule has 2 rings (SSSR count). The maximum absolute atomic E-state index is 12.7. The molecular formula is C11H6Cl2F3N3. The molecule has 0 aliphatic carbocycles. The molecule has 0 amide bonds. The van der Waals surface area contributed by atoms with E-state index >= 15 is 0 Å². The third-order valence-electron chi connectivity index (χ3n) is 2.38. The Balaban J connectivity index is 2.65. The molecule has 0 unspecified atom stereocenters. The largest absolute Gasteiger partial charge is 0.416 e. The SMILES string of the molecule is Nc1ccc(C(F)(F)F)cc1-c1ncnc(Cl)c1Cl. The lowest BCUT2D eigenvalue weighted by atomic mass is 10.1. The number of nitrogens with zero attached hydrogens (tertiary/aromatic N) is 2. The normalized spacial score (nSPS) is 11.6.